The maximum Gasteiger partial charge on any atom is 0.244 e. The van der Waals surface area contributed by atoms with Crippen molar-refractivity contribution in [2.75, 3.05) is 13.1 Å². The summed E-state index contributed by atoms with van der Waals surface area (Å²) in [5, 5.41) is 8.96. The Morgan fingerprint density at radius 2 is 2.20 bits per heavy atom. The maximum atomic E-state index is 13.6. The molecule has 0 spiro atoms. The molecule has 0 aromatic heterocycles. The summed E-state index contributed by atoms with van der Waals surface area (Å²) < 4.78 is 39.8. The maximum absolute atomic E-state index is 13.6. The van der Waals surface area contributed by atoms with E-state index in [9.17, 15) is 12.8 Å². The number of nitrogens with zero attached hydrogens (tertiary/aromatic N) is 2. The standard InChI is InChI=1S/C13H16FN3O2S/c1-9-5-6-17(8-12(9)16)20(18,19)13-4-2-3-11(14)10(13)7-15/h2-4,9,12H,5-6,8,16H2,1H3. The monoisotopic (exact) mass is 297 g/mol. The molecule has 0 saturated carbocycles. The van der Waals surface area contributed by atoms with Crippen LogP contribution in [0.15, 0.2) is 23.1 Å². The summed E-state index contributed by atoms with van der Waals surface area (Å²) in [4.78, 5) is -0.290. The minimum atomic E-state index is -3.89. The molecule has 1 fully saturated rings. The van der Waals surface area contributed by atoms with Crippen LogP contribution in [0.2, 0.25) is 0 Å². The molecule has 2 rings (SSSR count). The molecule has 2 unspecified atom stereocenters. The number of benzene rings is 1. The molecule has 20 heavy (non-hydrogen) atoms. The molecule has 1 heterocycles. The van der Waals surface area contributed by atoms with Crippen LogP contribution < -0.4 is 5.73 Å². The van der Waals surface area contributed by atoms with Crippen LogP contribution >= 0.6 is 0 Å². The highest BCUT2D eigenvalue weighted by atomic mass is 32.2. The van der Waals surface area contributed by atoms with Crippen molar-refractivity contribution in [3.8, 4) is 6.07 Å². The van der Waals surface area contributed by atoms with E-state index in [0.717, 1.165) is 6.07 Å². The van der Waals surface area contributed by atoms with E-state index in [1.807, 2.05) is 6.92 Å². The minimum absolute atomic E-state index is 0.185. The van der Waals surface area contributed by atoms with Crippen LogP contribution in [-0.4, -0.2) is 31.9 Å². The Kier molecular flexibility index (Phi) is 4.09. The van der Waals surface area contributed by atoms with E-state index in [0.29, 0.717) is 13.0 Å². The number of hydrogen-bond donors (Lipinski definition) is 1. The van der Waals surface area contributed by atoms with E-state index in [1.54, 1.807) is 6.07 Å². The van der Waals surface area contributed by atoms with Gasteiger partial charge in [-0.2, -0.15) is 9.57 Å². The highest BCUT2D eigenvalue weighted by Gasteiger charge is 2.33. The topological polar surface area (TPSA) is 87.2 Å². The lowest BCUT2D eigenvalue weighted by Crippen LogP contribution is -2.49. The van der Waals surface area contributed by atoms with E-state index < -0.39 is 21.4 Å². The van der Waals surface area contributed by atoms with Crippen LogP contribution in [0, 0.1) is 23.1 Å². The molecule has 1 aliphatic heterocycles. The molecule has 2 atom stereocenters. The Morgan fingerprint density at radius 1 is 1.50 bits per heavy atom. The van der Waals surface area contributed by atoms with Gasteiger partial charge in [0.15, 0.2) is 0 Å². The predicted molar refractivity (Wildman–Crippen MR) is 71.6 cm³/mol. The second kappa shape index (κ2) is 5.48. The summed E-state index contributed by atoms with van der Waals surface area (Å²) in [6.45, 7) is 2.49. The Morgan fingerprint density at radius 3 is 2.80 bits per heavy atom. The van der Waals surface area contributed by atoms with Gasteiger partial charge < -0.3 is 5.73 Å². The van der Waals surface area contributed by atoms with Gasteiger partial charge in [0.05, 0.1) is 0 Å². The number of sulfonamides is 1. The van der Waals surface area contributed by atoms with Gasteiger partial charge in [-0.25, -0.2) is 12.8 Å². The van der Waals surface area contributed by atoms with Crippen LogP contribution in [0.25, 0.3) is 0 Å². The van der Waals surface area contributed by atoms with E-state index in [2.05, 4.69) is 0 Å². The molecule has 0 bridgehead atoms. The Hall–Kier alpha value is -1.49. The highest BCUT2D eigenvalue weighted by molar-refractivity contribution is 7.89. The summed E-state index contributed by atoms with van der Waals surface area (Å²) in [7, 11) is -3.89. The molecular formula is C13H16FN3O2S. The van der Waals surface area contributed by atoms with E-state index in [4.69, 9.17) is 11.0 Å². The first-order valence-electron chi connectivity index (χ1n) is 6.32. The Labute approximate surface area is 117 Å². The third kappa shape index (κ3) is 2.54. The van der Waals surface area contributed by atoms with Crippen LogP contribution in [-0.2, 0) is 10.0 Å². The molecule has 1 aliphatic rings. The minimum Gasteiger partial charge on any atom is -0.326 e. The van der Waals surface area contributed by atoms with Gasteiger partial charge in [-0.05, 0) is 24.5 Å². The van der Waals surface area contributed by atoms with Gasteiger partial charge >= 0.3 is 0 Å². The van der Waals surface area contributed by atoms with Crippen molar-refractivity contribution in [1.29, 1.82) is 5.26 Å². The van der Waals surface area contributed by atoms with Gasteiger partial charge in [0.1, 0.15) is 22.3 Å². The zero-order valence-electron chi connectivity index (χ0n) is 11.1. The third-order valence-corrected chi connectivity index (χ3v) is 5.59. The summed E-state index contributed by atoms with van der Waals surface area (Å²) in [6.07, 6.45) is 0.650. The zero-order valence-corrected chi connectivity index (χ0v) is 11.9. The highest BCUT2D eigenvalue weighted by Crippen LogP contribution is 2.26. The molecule has 1 aromatic rings. The van der Waals surface area contributed by atoms with Gasteiger partial charge in [0.25, 0.3) is 0 Å². The average molecular weight is 297 g/mol. The fraction of sp³-hybridized carbons (Fsp3) is 0.462. The van der Waals surface area contributed by atoms with Gasteiger partial charge in [0.2, 0.25) is 10.0 Å². The molecule has 1 saturated heterocycles. The van der Waals surface area contributed by atoms with Gasteiger partial charge in [-0.3, -0.25) is 0 Å². The fourth-order valence-electron chi connectivity index (χ4n) is 2.25. The van der Waals surface area contributed by atoms with Gasteiger partial charge in [-0.1, -0.05) is 13.0 Å². The molecule has 0 radical (unpaired) electrons. The first kappa shape index (κ1) is 14.9. The Balaban J connectivity index is 2.42. The SMILES string of the molecule is CC1CCN(S(=O)(=O)c2cccc(F)c2C#N)CC1N. The number of rotatable bonds is 2. The summed E-state index contributed by atoms with van der Waals surface area (Å²) in [6, 6.07) is 4.97. The molecule has 1 aromatic carbocycles. The molecule has 7 heteroatoms. The zero-order chi connectivity index (χ0) is 14.9. The van der Waals surface area contributed by atoms with Crippen LogP contribution in [0.4, 0.5) is 4.39 Å². The van der Waals surface area contributed by atoms with Crippen molar-refractivity contribution in [2.24, 2.45) is 11.7 Å². The fourth-order valence-corrected chi connectivity index (χ4v) is 3.90. The van der Waals surface area contributed by atoms with Crippen LogP contribution in [0.1, 0.15) is 18.9 Å². The lowest BCUT2D eigenvalue weighted by molar-refractivity contribution is 0.253. The van der Waals surface area contributed by atoms with Crippen molar-refractivity contribution in [1.82, 2.24) is 4.31 Å². The largest absolute Gasteiger partial charge is 0.326 e. The van der Waals surface area contributed by atoms with Crippen molar-refractivity contribution >= 4 is 10.0 Å². The van der Waals surface area contributed by atoms with Crippen LogP contribution in [0.5, 0.6) is 0 Å². The molecule has 108 valence electrons. The van der Waals surface area contributed by atoms with Crippen molar-refractivity contribution < 1.29 is 12.8 Å². The third-order valence-electron chi connectivity index (χ3n) is 3.68. The summed E-state index contributed by atoms with van der Waals surface area (Å²) in [5.74, 6) is -0.590. The number of halogens is 1. The molecular weight excluding hydrogens is 281 g/mol. The quantitative estimate of drug-likeness (QED) is 0.884. The predicted octanol–water partition coefficient (Wildman–Crippen LogP) is 1.06. The molecule has 0 aliphatic carbocycles. The lowest BCUT2D eigenvalue weighted by atomic mass is 9.96. The van der Waals surface area contributed by atoms with Gasteiger partial charge in [0, 0.05) is 19.1 Å². The summed E-state index contributed by atoms with van der Waals surface area (Å²) in [5.41, 5.74) is 5.45. The van der Waals surface area contributed by atoms with E-state index in [1.165, 1.54) is 16.4 Å². The average Bonchev–Trinajstić information content (AvgIpc) is 2.41. The normalized spacial score (nSPS) is 24.3. The van der Waals surface area contributed by atoms with Gasteiger partial charge in [-0.15, -0.1) is 0 Å². The van der Waals surface area contributed by atoms with E-state index >= 15 is 0 Å². The lowest BCUT2D eigenvalue weighted by Gasteiger charge is -2.34. The number of nitrogens with two attached hydrogens (primary N) is 1. The molecule has 2 N–H and O–H groups in total. The molecule has 0 amide bonds. The Bertz CT molecular complexity index is 654. The van der Waals surface area contributed by atoms with Crippen molar-refractivity contribution in [3.05, 3.63) is 29.6 Å². The first-order chi connectivity index (χ1) is 9.37. The summed E-state index contributed by atoms with van der Waals surface area (Å²) >= 11 is 0. The second-order valence-corrected chi connectivity index (χ2v) is 6.92. The number of hydrogen-bond acceptors (Lipinski definition) is 4. The van der Waals surface area contributed by atoms with E-state index in [-0.39, 0.29) is 23.4 Å². The number of piperidine rings is 1. The smallest absolute Gasteiger partial charge is 0.244 e. The number of nitriles is 1. The first-order valence-corrected chi connectivity index (χ1v) is 7.76. The van der Waals surface area contributed by atoms with Crippen LogP contribution in [0.3, 0.4) is 0 Å². The van der Waals surface area contributed by atoms with Crippen molar-refractivity contribution in [2.45, 2.75) is 24.3 Å². The van der Waals surface area contributed by atoms with Crippen molar-refractivity contribution in [3.63, 3.8) is 0 Å². The second-order valence-electron chi connectivity index (χ2n) is 5.02. The molecule has 5 nitrogen and oxygen atoms in total.